The number of fused-ring (bicyclic) bond motifs is 1. The van der Waals surface area contributed by atoms with Crippen LogP contribution in [0.15, 0.2) is 41.6 Å². The molecule has 1 N–H and O–H groups in total. The highest BCUT2D eigenvalue weighted by molar-refractivity contribution is 7.90. The third kappa shape index (κ3) is 4.36. The molecule has 2 saturated carbocycles. The fourth-order valence-electron chi connectivity index (χ4n) is 4.74. The van der Waals surface area contributed by atoms with Crippen molar-refractivity contribution in [3.8, 4) is 0 Å². The lowest BCUT2D eigenvalue weighted by Gasteiger charge is -2.29. The summed E-state index contributed by atoms with van der Waals surface area (Å²) in [5.74, 6) is -0.721. The van der Waals surface area contributed by atoms with Crippen molar-refractivity contribution in [2.75, 3.05) is 6.26 Å². The summed E-state index contributed by atoms with van der Waals surface area (Å²) in [6.45, 7) is 0. The van der Waals surface area contributed by atoms with Gasteiger partial charge in [0.15, 0.2) is 14.9 Å². The fraction of sp³-hybridized carbons (Fsp3) is 0.435. The van der Waals surface area contributed by atoms with Crippen LogP contribution in [0.25, 0.3) is 0 Å². The summed E-state index contributed by atoms with van der Waals surface area (Å²) in [5.41, 5.74) is 0.843. The number of nitrogens with zero attached hydrogens (tertiary/aromatic N) is 2. The summed E-state index contributed by atoms with van der Waals surface area (Å²) < 4.78 is 37.8. The van der Waals surface area contributed by atoms with Crippen LogP contribution in [-0.4, -0.2) is 48.5 Å². The largest absolute Gasteiger partial charge is 0.347 e. The summed E-state index contributed by atoms with van der Waals surface area (Å²) in [7, 11) is -3.57. The number of rotatable bonds is 6. The molecule has 174 valence electrons. The zero-order valence-corrected chi connectivity index (χ0v) is 19.4. The minimum Gasteiger partial charge on any atom is -0.347 e. The molecular weight excluding hydrogens is 469 g/mol. The molecule has 1 aromatic carbocycles. The monoisotopic (exact) mass is 491 g/mol. The average molecular weight is 492 g/mol. The van der Waals surface area contributed by atoms with Crippen molar-refractivity contribution >= 4 is 33.3 Å². The molecule has 0 radical (unpaired) electrons. The van der Waals surface area contributed by atoms with Crippen molar-refractivity contribution in [2.45, 2.75) is 48.8 Å². The van der Waals surface area contributed by atoms with Gasteiger partial charge in [0.2, 0.25) is 5.91 Å². The summed E-state index contributed by atoms with van der Waals surface area (Å²) in [5, 5.41) is 2.89. The molecule has 1 saturated heterocycles. The summed E-state index contributed by atoms with van der Waals surface area (Å²) in [4.78, 5) is 32.1. The van der Waals surface area contributed by atoms with E-state index in [1.807, 2.05) is 0 Å². The Balaban J connectivity index is 1.38. The van der Waals surface area contributed by atoms with Gasteiger partial charge in [0.25, 0.3) is 5.91 Å². The van der Waals surface area contributed by atoms with E-state index in [1.165, 1.54) is 30.5 Å². The molecule has 7 nitrogen and oxygen atoms in total. The number of halogens is 2. The summed E-state index contributed by atoms with van der Waals surface area (Å²) in [6, 6.07) is 6.23. The SMILES string of the molecule is CS(=O)(=O)c1cc(C(=O)N2[C@@H](C(=O)NC(c3ccc(Cl)c(F)c3)C3CC3)C[C@H]3C[C@H]32)ccn1. The molecule has 1 aromatic heterocycles. The molecule has 2 heterocycles. The molecule has 4 atom stereocenters. The van der Waals surface area contributed by atoms with Crippen LogP contribution in [0.5, 0.6) is 0 Å². The van der Waals surface area contributed by atoms with Gasteiger partial charge in [-0.3, -0.25) is 9.59 Å². The number of pyridine rings is 1. The molecule has 2 amide bonds. The van der Waals surface area contributed by atoms with Crippen LogP contribution in [0.4, 0.5) is 4.39 Å². The van der Waals surface area contributed by atoms with E-state index in [1.54, 1.807) is 11.0 Å². The average Bonchev–Trinajstić information content (AvgIpc) is 3.71. The third-order valence-electron chi connectivity index (χ3n) is 6.70. The molecule has 3 aliphatic rings. The van der Waals surface area contributed by atoms with Crippen LogP contribution in [0, 0.1) is 17.7 Å². The number of aromatic nitrogens is 1. The van der Waals surface area contributed by atoms with Crippen LogP contribution < -0.4 is 5.32 Å². The quantitative estimate of drug-likeness (QED) is 0.669. The molecular formula is C23H23ClFN3O4S. The summed E-state index contributed by atoms with van der Waals surface area (Å²) in [6.07, 6.45) is 5.56. The van der Waals surface area contributed by atoms with Gasteiger partial charge < -0.3 is 10.2 Å². The van der Waals surface area contributed by atoms with Crippen LogP contribution in [0.1, 0.15) is 47.6 Å². The van der Waals surface area contributed by atoms with Crippen LogP contribution >= 0.6 is 11.6 Å². The highest BCUT2D eigenvalue weighted by atomic mass is 35.5. The second-order valence-electron chi connectivity index (χ2n) is 9.18. The van der Waals surface area contributed by atoms with E-state index in [0.29, 0.717) is 12.0 Å². The lowest BCUT2D eigenvalue weighted by Crippen LogP contribution is -2.49. The topological polar surface area (TPSA) is 96.4 Å². The van der Waals surface area contributed by atoms with Gasteiger partial charge in [-0.25, -0.2) is 17.8 Å². The Morgan fingerprint density at radius 3 is 2.64 bits per heavy atom. The summed E-state index contributed by atoms with van der Waals surface area (Å²) >= 11 is 5.81. The van der Waals surface area contributed by atoms with Gasteiger partial charge in [0.1, 0.15) is 11.9 Å². The predicted octanol–water partition coefficient (Wildman–Crippen LogP) is 3.15. The number of benzene rings is 1. The lowest BCUT2D eigenvalue weighted by molar-refractivity contribution is -0.126. The van der Waals surface area contributed by atoms with E-state index < -0.39 is 21.7 Å². The third-order valence-corrected chi connectivity index (χ3v) is 7.99. The molecule has 3 fully saturated rings. The first-order chi connectivity index (χ1) is 15.6. The van der Waals surface area contributed by atoms with Crippen molar-refractivity contribution in [1.29, 1.82) is 0 Å². The second-order valence-corrected chi connectivity index (χ2v) is 11.5. The van der Waals surface area contributed by atoms with Gasteiger partial charge in [-0.15, -0.1) is 0 Å². The van der Waals surface area contributed by atoms with E-state index in [0.717, 1.165) is 25.5 Å². The second kappa shape index (κ2) is 8.06. The number of carbonyl (C=O) groups excluding carboxylic acids is 2. The van der Waals surface area contributed by atoms with E-state index in [9.17, 15) is 22.4 Å². The van der Waals surface area contributed by atoms with E-state index in [-0.39, 0.29) is 51.3 Å². The molecule has 1 unspecified atom stereocenters. The zero-order valence-electron chi connectivity index (χ0n) is 17.9. The van der Waals surface area contributed by atoms with Gasteiger partial charge >= 0.3 is 0 Å². The molecule has 0 spiro atoms. The Kier molecular flexibility index (Phi) is 5.44. The fourth-order valence-corrected chi connectivity index (χ4v) is 5.45. The number of amides is 2. The first-order valence-electron chi connectivity index (χ1n) is 10.9. The maximum atomic E-state index is 14.0. The minimum atomic E-state index is -3.57. The highest BCUT2D eigenvalue weighted by Crippen LogP contribution is 2.49. The first-order valence-corrected chi connectivity index (χ1v) is 13.1. The Morgan fingerprint density at radius 1 is 1.21 bits per heavy atom. The highest BCUT2D eigenvalue weighted by Gasteiger charge is 2.56. The zero-order chi connectivity index (χ0) is 23.5. The molecule has 2 aromatic rings. The molecule has 1 aliphatic heterocycles. The number of likely N-dealkylation sites (tertiary alicyclic amines) is 1. The van der Waals surface area contributed by atoms with Crippen molar-refractivity contribution < 1.29 is 22.4 Å². The predicted molar refractivity (Wildman–Crippen MR) is 119 cm³/mol. The van der Waals surface area contributed by atoms with Crippen LogP contribution in [0.2, 0.25) is 5.02 Å². The van der Waals surface area contributed by atoms with E-state index in [4.69, 9.17) is 11.6 Å². The molecule has 2 aliphatic carbocycles. The minimum absolute atomic E-state index is 0.0260. The first kappa shape index (κ1) is 22.3. The smallest absolute Gasteiger partial charge is 0.254 e. The number of piperidine rings is 1. The number of sulfone groups is 1. The maximum Gasteiger partial charge on any atom is 0.254 e. The number of carbonyl (C=O) groups is 2. The van der Waals surface area contributed by atoms with E-state index >= 15 is 0 Å². The molecule has 0 bridgehead atoms. The van der Waals surface area contributed by atoms with Crippen LogP contribution in [-0.2, 0) is 14.6 Å². The van der Waals surface area contributed by atoms with Gasteiger partial charge in [-0.05, 0) is 67.3 Å². The van der Waals surface area contributed by atoms with Crippen molar-refractivity contribution in [2.24, 2.45) is 11.8 Å². The Bertz CT molecular complexity index is 1250. The van der Waals surface area contributed by atoms with Gasteiger partial charge in [0.05, 0.1) is 11.1 Å². The van der Waals surface area contributed by atoms with Gasteiger partial charge in [0, 0.05) is 24.1 Å². The maximum absolute atomic E-state index is 14.0. The van der Waals surface area contributed by atoms with Crippen molar-refractivity contribution in [3.05, 3.63) is 58.5 Å². The number of hydrogen-bond donors (Lipinski definition) is 1. The molecule has 33 heavy (non-hydrogen) atoms. The normalized spacial score (nSPS) is 24.8. The van der Waals surface area contributed by atoms with Crippen molar-refractivity contribution in [3.63, 3.8) is 0 Å². The molecule has 5 rings (SSSR count). The van der Waals surface area contributed by atoms with Crippen molar-refractivity contribution in [1.82, 2.24) is 15.2 Å². The molecule has 10 heteroatoms. The Labute approximate surface area is 196 Å². The lowest BCUT2D eigenvalue weighted by atomic mass is 10.0. The van der Waals surface area contributed by atoms with Gasteiger partial charge in [-0.2, -0.15) is 0 Å². The Hall–Kier alpha value is -2.52. The van der Waals surface area contributed by atoms with E-state index in [2.05, 4.69) is 10.3 Å². The number of nitrogens with one attached hydrogen (secondary N) is 1. The Morgan fingerprint density at radius 2 is 1.97 bits per heavy atom. The van der Waals surface area contributed by atoms with Crippen LogP contribution in [0.3, 0.4) is 0 Å². The number of hydrogen-bond acceptors (Lipinski definition) is 5. The van der Waals surface area contributed by atoms with Gasteiger partial charge in [-0.1, -0.05) is 17.7 Å². The standard InChI is InChI=1S/C23H23ClFN3O4S/c1-33(31,32)20-11-14(6-7-26-20)23(30)28-18-9-15(18)10-19(28)22(29)27-21(12-2-3-12)13-4-5-16(24)17(25)8-13/h4-8,11-12,15,18-19,21H,2-3,9-10H2,1H3,(H,27,29)/t15-,18-,19-,21?/m1/s1.